The molecule has 1 heterocycles. The first-order valence-electron chi connectivity index (χ1n) is 13.9. The smallest absolute Gasteiger partial charge is 0.225 e. The third-order valence-corrected chi connectivity index (χ3v) is 6.63. The van der Waals surface area contributed by atoms with Gasteiger partial charge in [0.1, 0.15) is 17.3 Å². The van der Waals surface area contributed by atoms with Crippen LogP contribution in [0.1, 0.15) is 58.9 Å². The van der Waals surface area contributed by atoms with Crippen molar-refractivity contribution in [1.82, 2.24) is 15.3 Å². The zero-order chi connectivity index (χ0) is 26.6. The molecule has 7 heteroatoms. The van der Waals surface area contributed by atoms with Gasteiger partial charge in [-0.25, -0.2) is 4.98 Å². The molecule has 2 aromatic carbocycles. The standard InChI is InChI=1S/C28H39N5O2.C2H6/c1-5-34-23-15-16-26(35-6-2)21(17-23)19-29-22-13-11-20(12-14-22)18-30-28-31-25-10-8-7-9-24(25)27(32-28)33(3)4;1-2/h7-10,15-17,20,22,29H,5-6,11-14,18-19H2,1-4H3,(H,30,31,32);1-2H3. The van der Waals surface area contributed by atoms with Crippen LogP contribution >= 0.6 is 0 Å². The lowest BCUT2D eigenvalue weighted by Gasteiger charge is -2.29. The van der Waals surface area contributed by atoms with E-state index in [2.05, 4.69) is 22.8 Å². The highest BCUT2D eigenvalue weighted by Gasteiger charge is 2.22. The molecule has 202 valence electrons. The number of ether oxygens (including phenoxy) is 2. The maximum atomic E-state index is 5.83. The first-order chi connectivity index (χ1) is 18.1. The molecule has 7 nitrogen and oxygen atoms in total. The van der Waals surface area contributed by atoms with Crippen LogP contribution in [0.4, 0.5) is 11.8 Å². The number of benzene rings is 2. The molecule has 1 saturated carbocycles. The number of fused-ring (bicyclic) bond motifs is 1. The van der Waals surface area contributed by atoms with Gasteiger partial charge in [0.15, 0.2) is 0 Å². The topological polar surface area (TPSA) is 71.5 Å². The summed E-state index contributed by atoms with van der Waals surface area (Å²) in [5, 5.41) is 8.35. The van der Waals surface area contributed by atoms with Gasteiger partial charge in [0.05, 0.1) is 18.7 Å². The number of rotatable bonds is 11. The highest BCUT2D eigenvalue weighted by Crippen LogP contribution is 2.28. The molecule has 0 radical (unpaired) electrons. The summed E-state index contributed by atoms with van der Waals surface area (Å²) >= 11 is 0. The number of para-hydroxylation sites is 1. The Labute approximate surface area is 223 Å². The Morgan fingerprint density at radius 3 is 2.35 bits per heavy atom. The lowest BCUT2D eigenvalue weighted by atomic mass is 9.86. The Bertz CT molecular complexity index is 1100. The average molecular weight is 508 g/mol. The second kappa shape index (κ2) is 14.6. The van der Waals surface area contributed by atoms with Crippen molar-refractivity contribution in [3.63, 3.8) is 0 Å². The lowest BCUT2D eigenvalue weighted by Crippen LogP contribution is -2.34. The predicted molar refractivity (Wildman–Crippen MR) is 155 cm³/mol. The Kier molecular flexibility index (Phi) is 11.3. The largest absolute Gasteiger partial charge is 0.494 e. The van der Waals surface area contributed by atoms with Crippen LogP contribution in [0.3, 0.4) is 0 Å². The van der Waals surface area contributed by atoms with Gasteiger partial charge in [0, 0.05) is 44.2 Å². The fourth-order valence-corrected chi connectivity index (χ4v) is 4.79. The molecule has 1 fully saturated rings. The first-order valence-corrected chi connectivity index (χ1v) is 13.9. The third-order valence-electron chi connectivity index (χ3n) is 6.63. The molecule has 4 rings (SSSR count). The summed E-state index contributed by atoms with van der Waals surface area (Å²) < 4.78 is 11.5. The monoisotopic (exact) mass is 507 g/mol. The second-order valence-electron chi connectivity index (χ2n) is 9.40. The zero-order valence-electron chi connectivity index (χ0n) is 23.5. The first kappa shape index (κ1) is 28.5. The van der Waals surface area contributed by atoms with Crippen molar-refractivity contribution in [2.24, 2.45) is 5.92 Å². The SMILES string of the molecule is CC.CCOc1ccc(OCC)c(CNC2CCC(CNc3nc(N(C)C)c4ccccc4n3)CC2)c1. The molecule has 0 aliphatic heterocycles. The molecule has 1 aliphatic rings. The summed E-state index contributed by atoms with van der Waals surface area (Å²) in [6.45, 7) is 11.1. The molecule has 0 spiro atoms. The molecule has 1 aromatic heterocycles. The Morgan fingerprint density at radius 1 is 0.919 bits per heavy atom. The molecule has 0 amide bonds. The van der Waals surface area contributed by atoms with Gasteiger partial charge in [0.2, 0.25) is 5.95 Å². The summed E-state index contributed by atoms with van der Waals surface area (Å²) in [5.74, 6) is 4.13. The van der Waals surface area contributed by atoms with Crippen LogP contribution in [0.5, 0.6) is 11.5 Å². The minimum atomic E-state index is 0.522. The Morgan fingerprint density at radius 2 is 1.65 bits per heavy atom. The van der Waals surface area contributed by atoms with Gasteiger partial charge in [-0.3, -0.25) is 0 Å². The average Bonchev–Trinajstić information content (AvgIpc) is 2.93. The van der Waals surface area contributed by atoms with E-state index in [0.717, 1.165) is 46.9 Å². The minimum Gasteiger partial charge on any atom is -0.494 e. The normalized spacial score (nSPS) is 17.0. The van der Waals surface area contributed by atoms with E-state index in [4.69, 9.17) is 19.4 Å². The van der Waals surface area contributed by atoms with Gasteiger partial charge in [-0.2, -0.15) is 4.98 Å². The maximum absolute atomic E-state index is 5.83. The number of nitrogens with one attached hydrogen (secondary N) is 2. The van der Waals surface area contributed by atoms with E-state index in [1.807, 2.05) is 77.0 Å². The fourth-order valence-electron chi connectivity index (χ4n) is 4.79. The van der Waals surface area contributed by atoms with Crippen LogP contribution < -0.4 is 25.0 Å². The van der Waals surface area contributed by atoms with Gasteiger partial charge in [-0.15, -0.1) is 0 Å². The van der Waals surface area contributed by atoms with Crippen LogP contribution in [-0.4, -0.2) is 49.9 Å². The van der Waals surface area contributed by atoms with Crippen molar-refractivity contribution in [3.8, 4) is 11.5 Å². The zero-order valence-corrected chi connectivity index (χ0v) is 23.5. The highest BCUT2D eigenvalue weighted by molar-refractivity contribution is 5.90. The molecule has 2 N–H and O–H groups in total. The van der Waals surface area contributed by atoms with Crippen molar-refractivity contribution in [1.29, 1.82) is 0 Å². The molecular formula is C30H45N5O2. The van der Waals surface area contributed by atoms with Crippen molar-refractivity contribution < 1.29 is 9.47 Å². The quantitative estimate of drug-likeness (QED) is 0.316. The molecule has 0 saturated heterocycles. The maximum Gasteiger partial charge on any atom is 0.225 e. The molecule has 0 bridgehead atoms. The molecule has 3 aromatic rings. The second-order valence-corrected chi connectivity index (χ2v) is 9.40. The predicted octanol–water partition coefficient (Wildman–Crippen LogP) is 6.28. The van der Waals surface area contributed by atoms with Crippen molar-refractivity contribution in [2.75, 3.05) is 44.1 Å². The summed E-state index contributed by atoms with van der Waals surface area (Å²) in [5.41, 5.74) is 2.13. The summed E-state index contributed by atoms with van der Waals surface area (Å²) in [6.07, 6.45) is 4.72. The van der Waals surface area contributed by atoms with E-state index in [1.165, 1.54) is 25.7 Å². The Balaban J connectivity index is 0.00000186. The van der Waals surface area contributed by atoms with Crippen LogP contribution in [0.25, 0.3) is 10.9 Å². The third kappa shape index (κ3) is 7.96. The van der Waals surface area contributed by atoms with Crippen LogP contribution in [-0.2, 0) is 6.54 Å². The number of anilines is 2. The van der Waals surface area contributed by atoms with Gasteiger partial charge >= 0.3 is 0 Å². The van der Waals surface area contributed by atoms with E-state index in [0.29, 0.717) is 31.1 Å². The lowest BCUT2D eigenvalue weighted by molar-refractivity contribution is 0.295. The number of hydrogen-bond donors (Lipinski definition) is 2. The highest BCUT2D eigenvalue weighted by atomic mass is 16.5. The van der Waals surface area contributed by atoms with E-state index in [9.17, 15) is 0 Å². The summed E-state index contributed by atoms with van der Waals surface area (Å²) in [6, 6.07) is 14.8. The number of nitrogens with zero attached hydrogens (tertiary/aromatic N) is 3. The minimum absolute atomic E-state index is 0.522. The molecule has 0 unspecified atom stereocenters. The number of hydrogen-bond acceptors (Lipinski definition) is 7. The van der Waals surface area contributed by atoms with E-state index >= 15 is 0 Å². The van der Waals surface area contributed by atoms with Gasteiger partial charge < -0.3 is 25.0 Å². The van der Waals surface area contributed by atoms with Gasteiger partial charge in [-0.05, 0) is 75.8 Å². The van der Waals surface area contributed by atoms with Gasteiger partial charge in [-0.1, -0.05) is 26.0 Å². The molecule has 37 heavy (non-hydrogen) atoms. The van der Waals surface area contributed by atoms with Crippen LogP contribution in [0.2, 0.25) is 0 Å². The fraction of sp³-hybridized carbons (Fsp3) is 0.533. The molecule has 1 aliphatic carbocycles. The molecule has 0 atom stereocenters. The van der Waals surface area contributed by atoms with Gasteiger partial charge in [0.25, 0.3) is 0 Å². The number of aromatic nitrogens is 2. The summed E-state index contributed by atoms with van der Waals surface area (Å²) in [7, 11) is 4.05. The van der Waals surface area contributed by atoms with Crippen molar-refractivity contribution in [2.45, 2.75) is 66.0 Å². The van der Waals surface area contributed by atoms with Crippen molar-refractivity contribution >= 4 is 22.7 Å². The van der Waals surface area contributed by atoms with E-state index in [1.54, 1.807) is 0 Å². The Hall–Kier alpha value is -3.06. The van der Waals surface area contributed by atoms with E-state index in [-0.39, 0.29) is 0 Å². The summed E-state index contributed by atoms with van der Waals surface area (Å²) in [4.78, 5) is 11.6. The van der Waals surface area contributed by atoms with E-state index < -0.39 is 0 Å². The van der Waals surface area contributed by atoms with Crippen LogP contribution in [0, 0.1) is 5.92 Å². The molecular weight excluding hydrogens is 462 g/mol. The van der Waals surface area contributed by atoms with Crippen LogP contribution in [0.15, 0.2) is 42.5 Å². The van der Waals surface area contributed by atoms with Crippen molar-refractivity contribution in [3.05, 3.63) is 48.0 Å².